The number of hydrogen-bond donors (Lipinski definition) is 0. The maximum absolute atomic E-state index is 12.5. The molecule has 0 amide bonds. The van der Waals surface area contributed by atoms with E-state index in [0.717, 1.165) is 29.0 Å². The quantitative estimate of drug-likeness (QED) is 0.673. The lowest BCUT2D eigenvalue weighted by molar-refractivity contribution is 0.176. The number of hydrogen-bond acceptors (Lipinski definition) is 2. The Labute approximate surface area is 153 Å². The molecule has 0 aliphatic carbocycles. The first-order valence-corrected chi connectivity index (χ1v) is 10.0. The third-order valence-electron chi connectivity index (χ3n) is 4.19. The molecule has 0 saturated carbocycles. The van der Waals surface area contributed by atoms with E-state index >= 15 is 0 Å². The molecule has 2 aromatic carbocycles. The van der Waals surface area contributed by atoms with Crippen LogP contribution >= 0.6 is 15.9 Å². The van der Waals surface area contributed by atoms with Crippen LogP contribution in [-0.4, -0.2) is 15.2 Å². The van der Waals surface area contributed by atoms with Crippen LogP contribution in [0.15, 0.2) is 59.0 Å². The second kappa shape index (κ2) is 7.19. The average Bonchev–Trinajstić information content (AvgIpc) is 2.61. The standard InChI is InChI=1S/C19H20BrNO2S/c1-3-14(2)24(22)21-17-13-19(20,15-9-5-4-6-10-15)23-18-12-8-7-11-16(17)18/h4-12,14H,3,13H2,1-2H3/t14-,19?,24?/m1/s1. The van der Waals surface area contributed by atoms with Crippen molar-refractivity contribution in [2.45, 2.75) is 36.4 Å². The van der Waals surface area contributed by atoms with Crippen LogP contribution in [0.2, 0.25) is 0 Å². The fraction of sp³-hybridized carbons (Fsp3) is 0.316. The fourth-order valence-corrected chi connectivity index (χ4v) is 4.14. The molecular formula is C19H20BrNO2S. The number of rotatable bonds is 4. The number of para-hydroxylation sites is 1. The highest BCUT2D eigenvalue weighted by atomic mass is 79.9. The third-order valence-corrected chi connectivity index (χ3v) is 6.51. The predicted octanol–water partition coefficient (Wildman–Crippen LogP) is 4.97. The van der Waals surface area contributed by atoms with Crippen molar-refractivity contribution < 1.29 is 8.95 Å². The Morgan fingerprint density at radius 3 is 2.58 bits per heavy atom. The molecule has 0 aromatic heterocycles. The summed E-state index contributed by atoms with van der Waals surface area (Å²) < 4.78 is 22.6. The molecule has 0 bridgehead atoms. The molecule has 2 unspecified atom stereocenters. The van der Waals surface area contributed by atoms with Gasteiger partial charge in [-0.1, -0.05) is 49.4 Å². The van der Waals surface area contributed by atoms with Gasteiger partial charge in [-0.25, -0.2) is 4.21 Å². The number of ether oxygens (including phenoxy) is 1. The van der Waals surface area contributed by atoms with E-state index < -0.39 is 15.5 Å². The summed E-state index contributed by atoms with van der Waals surface area (Å²) in [6, 6.07) is 17.8. The largest absolute Gasteiger partial charge is 0.470 e. The summed E-state index contributed by atoms with van der Waals surface area (Å²) in [7, 11) is -1.25. The first kappa shape index (κ1) is 17.4. The summed E-state index contributed by atoms with van der Waals surface area (Å²) in [5.74, 6) is 0.754. The number of halogens is 1. The highest BCUT2D eigenvalue weighted by Gasteiger charge is 2.39. The molecular weight excluding hydrogens is 386 g/mol. The molecule has 0 N–H and O–H groups in total. The molecule has 24 heavy (non-hydrogen) atoms. The highest BCUT2D eigenvalue weighted by molar-refractivity contribution is 9.09. The smallest absolute Gasteiger partial charge is 0.194 e. The molecule has 0 fully saturated rings. The number of fused-ring (bicyclic) bond motifs is 1. The van der Waals surface area contributed by atoms with Crippen molar-refractivity contribution in [3.8, 4) is 5.75 Å². The van der Waals surface area contributed by atoms with Crippen molar-refractivity contribution in [3.63, 3.8) is 0 Å². The van der Waals surface area contributed by atoms with Gasteiger partial charge in [-0.15, -0.1) is 0 Å². The second-order valence-electron chi connectivity index (χ2n) is 5.90. The van der Waals surface area contributed by atoms with E-state index in [9.17, 15) is 4.21 Å². The van der Waals surface area contributed by atoms with E-state index in [0.29, 0.717) is 6.42 Å². The summed E-state index contributed by atoms with van der Waals surface area (Å²) in [6.45, 7) is 3.99. The van der Waals surface area contributed by atoms with Gasteiger partial charge < -0.3 is 4.74 Å². The minimum atomic E-state index is -1.25. The molecule has 0 spiro atoms. The van der Waals surface area contributed by atoms with Gasteiger partial charge in [0.1, 0.15) is 16.7 Å². The normalized spacial score (nSPS) is 24.0. The summed E-state index contributed by atoms with van der Waals surface area (Å²) in [4.78, 5) is 0. The molecule has 3 atom stereocenters. The van der Waals surface area contributed by atoms with Gasteiger partial charge in [-0.3, -0.25) is 0 Å². The maximum atomic E-state index is 12.5. The van der Waals surface area contributed by atoms with E-state index in [1.165, 1.54) is 0 Å². The second-order valence-corrected chi connectivity index (χ2v) is 8.72. The molecule has 1 aliphatic heterocycles. The third kappa shape index (κ3) is 3.47. The summed E-state index contributed by atoms with van der Waals surface area (Å²) in [5.41, 5.74) is 2.75. The first-order valence-electron chi connectivity index (χ1n) is 8.04. The number of nitrogens with zero attached hydrogens (tertiary/aromatic N) is 1. The van der Waals surface area contributed by atoms with Gasteiger partial charge in [0.15, 0.2) is 4.51 Å². The molecule has 0 saturated heterocycles. The van der Waals surface area contributed by atoms with Crippen LogP contribution < -0.4 is 4.74 Å². The Bertz CT molecular complexity index is 778. The lowest BCUT2D eigenvalue weighted by Crippen LogP contribution is -2.34. The molecule has 2 aromatic rings. The summed E-state index contributed by atoms with van der Waals surface area (Å²) >= 11 is 3.76. The SMILES string of the molecule is CC[C@@H](C)S(=O)N=C1CC(Br)(c2ccccc2)Oc2ccccc21. The van der Waals surface area contributed by atoms with Gasteiger partial charge in [0, 0.05) is 17.5 Å². The van der Waals surface area contributed by atoms with Crippen molar-refractivity contribution in [1.82, 2.24) is 0 Å². The van der Waals surface area contributed by atoms with E-state index in [1.807, 2.05) is 68.4 Å². The lowest BCUT2D eigenvalue weighted by Gasteiger charge is -2.35. The Balaban J connectivity index is 2.05. The molecule has 3 rings (SSSR count). The van der Waals surface area contributed by atoms with Gasteiger partial charge >= 0.3 is 0 Å². The number of alkyl halides is 1. The van der Waals surface area contributed by atoms with E-state index in [-0.39, 0.29) is 5.25 Å². The van der Waals surface area contributed by atoms with Crippen LogP contribution in [0.5, 0.6) is 5.75 Å². The molecule has 1 aliphatic rings. The number of benzene rings is 2. The maximum Gasteiger partial charge on any atom is 0.194 e. The van der Waals surface area contributed by atoms with Crippen molar-refractivity contribution in [1.29, 1.82) is 0 Å². The highest BCUT2D eigenvalue weighted by Crippen LogP contribution is 2.44. The Morgan fingerprint density at radius 2 is 1.88 bits per heavy atom. The Morgan fingerprint density at radius 1 is 1.21 bits per heavy atom. The van der Waals surface area contributed by atoms with E-state index in [4.69, 9.17) is 4.74 Å². The Hall–Kier alpha value is -1.46. The fourth-order valence-electron chi connectivity index (χ4n) is 2.59. The average molecular weight is 406 g/mol. The minimum Gasteiger partial charge on any atom is -0.470 e. The molecule has 1 heterocycles. The van der Waals surface area contributed by atoms with E-state index in [1.54, 1.807) is 0 Å². The lowest BCUT2D eigenvalue weighted by atomic mass is 9.95. The molecule has 5 heteroatoms. The van der Waals surface area contributed by atoms with Gasteiger partial charge in [0.25, 0.3) is 0 Å². The van der Waals surface area contributed by atoms with Gasteiger partial charge in [-0.2, -0.15) is 4.40 Å². The zero-order valence-corrected chi connectivity index (χ0v) is 16.1. The monoisotopic (exact) mass is 405 g/mol. The zero-order chi connectivity index (χ0) is 17.2. The molecule has 126 valence electrons. The van der Waals surface area contributed by atoms with Crippen LogP contribution in [0.4, 0.5) is 0 Å². The molecule has 3 nitrogen and oxygen atoms in total. The topological polar surface area (TPSA) is 38.7 Å². The van der Waals surface area contributed by atoms with Gasteiger partial charge in [0.05, 0.1) is 11.0 Å². The predicted molar refractivity (Wildman–Crippen MR) is 103 cm³/mol. The van der Waals surface area contributed by atoms with Crippen molar-refractivity contribution >= 4 is 32.6 Å². The van der Waals surface area contributed by atoms with Gasteiger partial charge in [-0.05, 0) is 41.4 Å². The minimum absolute atomic E-state index is 0.0361. The van der Waals surface area contributed by atoms with Crippen LogP contribution in [0, 0.1) is 0 Å². The van der Waals surface area contributed by atoms with Crippen LogP contribution in [0.3, 0.4) is 0 Å². The van der Waals surface area contributed by atoms with Crippen molar-refractivity contribution in [2.24, 2.45) is 4.40 Å². The summed E-state index contributed by atoms with van der Waals surface area (Å²) in [5, 5.41) is 0.0361. The van der Waals surface area contributed by atoms with Crippen molar-refractivity contribution in [2.75, 3.05) is 0 Å². The summed E-state index contributed by atoms with van der Waals surface area (Å²) in [6.07, 6.45) is 1.36. The molecule has 0 radical (unpaired) electrons. The first-order chi connectivity index (χ1) is 11.5. The van der Waals surface area contributed by atoms with Crippen LogP contribution in [0.1, 0.15) is 37.8 Å². The Kier molecular flexibility index (Phi) is 5.21. The van der Waals surface area contributed by atoms with Gasteiger partial charge in [0.2, 0.25) is 0 Å². The van der Waals surface area contributed by atoms with E-state index in [2.05, 4.69) is 20.3 Å². The van der Waals surface area contributed by atoms with Crippen LogP contribution in [0.25, 0.3) is 0 Å². The van der Waals surface area contributed by atoms with Crippen molar-refractivity contribution in [3.05, 3.63) is 65.7 Å². The van der Waals surface area contributed by atoms with Crippen LogP contribution in [-0.2, 0) is 15.5 Å². The zero-order valence-electron chi connectivity index (χ0n) is 13.7.